The summed E-state index contributed by atoms with van der Waals surface area (Å²) in [6, 6.07) is 6.77. The molecule has 2 aromatic rings. The smallest absolute Gasteiger partial charge is 0.416 e. The zero-order valence-electron chi connectivity index (χ0n) is 14.2. The summed E-state index contributed by atoms with van der Waals surface area (Å²) in [7, 11) is 3.85. The van der Waals surface area contributed by atoms with Crippen molar-refractivity contribution in [1.82, 2.24) is 9.88 Å². The Hall–Kier alpha value is -2.65. The van der Waals surface area contributed by atoms with Crippen LogP contribution in [0.1, 0.15) is 15.9 Å². The van der Waals surface area contributed by atoms with E-state index in [2.05, 4.69) is 4.98 Å². The van der Waals surface area contributed by atoms with Gasteiger partial charge in [-0.25, -0.2) is 9.78 Å². The van der Waals surface area contributed by atoms with Crippen LogP contribution in [0.2, 0.25) is 0 Å². The molecule has 2 N–H and O–H groups in total. The van der Waals surface area contributed by atoms with Gasteiger partial charge in [-0.1, -0.05) is 6.07 Å². The Morgan fingerprint density at radius 2 is 1.92 bits per heavy atom. The van der Waals surface area contributed by atoms with Crippen LogP contribution in [-0.2, 0) is 6.18 Å². The summed E-state index contributed by atoms with van der Waals surface area (Å²) in [6.07, 6.45) is -3.21. The topological polar surface area (TPSA) is 82.9 Å². The first-order valence-electron chi connectivity index (χ1n) is 7.44. The van der Waals surface area contributed by atoms with Crippen molar-refractivity contribution in [2.45, 2.75) is 6.18 Å². The number of carboxylic acids is 1. The van der Waals surface area contributed by atoms with Crippen LogP contribution in [0, 0.1) is 0 Å². The van der Waals surface area contributed by atoms with E-state index in [0.717, 1.165) is 18.7 Å². The number of alkyl halides is 3. The van der Waals surface area contributed by atoms with E-state index in [4.69, 9.17) is 14.9 Å². The molecule has 2 rings (SSSR count). The molecule has 0 bridgehead atoms. The molecule has 0 amide bonds. The van der Waals surface area contributed by atoms with Crippen molar-refractivity contribution in [3.8, 4) is 11.6 Å². The molecule has 1 aromatic heterocycles. The fourth-order valence-electron chi connectivity index (χ4n) is 1.68. The predicted molar refractivity (Wildman–Crippen MR) is 88.4 cm³/mol. The molecule has 0 aliphatic rings. The number of carbonyl (C=O) groups is 1. The lowest BCUT2D eigenvalue weighted by Crippen LogP contribution is -2.15. The first kappa shape index (κ1) is 21.4. The van der Waals surface area contributed by atoms with E-state index >= 15 is 0 Å². The van der Waals surface area contributed by atoms with Gasteiger partial charge in [0.05, 0.1) is 12.2 Å². The molecule has 0 atom stereocenters. The monoisotopic (exact) mass is 372 g/mol. The zero-order chi connectivity index (χ0) is 19.7. The molecule has 6 nitrogen and oxygen atoms in total. The molecule has 0 aliphatic carbocycles. The maximum absolute atomic E-state index is 12.5. The largest absolute Gasteiger partial charge is 0.477 e. The average molecular weight is 372 g/mol. The lowest BCUT2D eigenvalue weighted by molar-refractivity contribution is -0.137. The molecule has 0 fully saturated rings. The molecule has 0 radical (unpaired) electrons. The van der Waals surface area contributed by atoms with Crippen molar-refractivity contribution in [3.05, 3.63) is 53.7 Å². The number of hydrogen-bond donors (Lipinski definition) is 2. The summed E-state index contributed by atoms with van der Waals surface area (Å²) in [6.45, 7) is 1.02. The van der Waals surface area contributed by atoms with Gasteiger partial charge in [-0.3, -0.25) is 0 Å². The van der Waals surface area contributed by atoms with Gasteiger partial charge in [0.2, 0.25) is 5.88 Å². The summed E-state index contributed by atoms with van der Waals surface area (Å²) < 4.78 is 42.8. The summed E-state index contributed by atoms with van der Waals surface area (Å²) in [5, 5.41) is 17.1. The highest BCUT2D eigenvalue weighted by Crippen LogP contribution is 2.32. The highest BCUT2D eigenvalue weighted by atomic mass is 19.4. The van der Waals surface area contributed by atoms with Crippen molar-refractivity contribution in [3.63, 3.8) is 0 Å². The maximum Gasteiger partial charge on any atom is 0.416 e. The second kappa shape index (κ2) is 9.73. The Bertz CT molecular complexity index is 721. The summed E-state index contributed by atoms with van der Waals surface area (Å²) in [5.41, 5.74) is -1.12. The second-order valence-corrected chi connectivity index (χ2v) is 5.32. The third kappa shape index (κ3) is 7.08. The second-order valence-electron chi connectivity index (χ2n) is 5.32. The van der Waals surface area contributed by atoms with Crippen molar-refractivity contribution in [2.24, 2.45) is 0 Å². The van der Waals surface area contributed by atoms with E-state index in [1.54, 1.807) is 0 Å². The van der Waals surface area contributed by atoms with Crippen LogP contribution in [0.4, 0.5) is 13.2 Å². The van der Waals surface area contributed by atoms with E-state index in [1.807, 2.05) is 19.0 Å². The van der Waals surface area contributed by atoms with Gasteiger partial charge < -0.3 is 19.8 Å². The van der Waals surface area contributed by atoms with Crippen molar-refractivity contribution >= 4 is 5.97 Å². The number of benzene rings is 1. The number of likely N-dealkylation sites (N-methyl/N-ethyl adjacent to an activating group) is 1. The molecule has 0 saturated heterocycles. The predicted octanol–water partition coefficient (Wildman–Crippen LogP) is 3.13. The molecule has 0 aliphatic heterocycles. The Morgan fingerprint density at radius 1 is 1.23 bits per heavy atom. The summed E-state index contributed by atoms with van der Waals surface area (Å²) in [5.74, 6) is -1.68. The van der Waals surface area contributed by atoms with Crippen LogP contribution in [0.5, 0.6) is 11.6 Å². The minimum absolute atomic E-state index is 0.138. The van der Waals surface area contributed by atoms with Gasteiger partial charge in [0.25, 0.3) is 0 Å². The first-order valence-corrected chi connectivity index (χ1v) is 7.44. The lowest BCUT2D eigenvalue weighted by atomic mass is 10.2. The standard InChI is InChI=1S/C13H8F3NO3.C4H11NO/c14-13(15,16)8-3-1-4-9(7-8)20-11-10(12(18)19)5-2-6-17-11;1-5(2)3-4-6/h1-7H,(H,18,19);6H,3-4H2,1-2H3. The van der Waals surface area contributed by atoms with Crippen LogP contribution in [0.15, 0.2) is 42.6 Å². The van der Waals surface area contributed by atoms with Gasteiger partial charge in [-0.05, 0) is 44.4 Å². The lowest BCUT2D eigenvalue weighted by Gasteiger charge is -2.10. The maximum atomic E-state index is 12.5. The number of carboxylic acid groups (broad SMARTS) is 1. The zero-order valence-corrected chi connectivity index (χ0v) is 14.2. The van der Waals surface area contributed by atoms with E-state index in [0.29, 0.717) is 0 Å². The Labute approximate surface area is 148 Å². The number of hydrogen-bond acceptors (Lipinski definition) is 5. The van der Waals surface area contributed by atoms with Crippen LogP contribution < -0.4 is 4.74 Å². The molecule has 0 spiro atoms. The van der Waals surface area contributed by atoms with Crippen molar-refractivity contribution in [1.29, 1.82) is 0 Å². The normalized spacial score (nSPS) is 10.9. The molecule has 0 saturated carbocycles. The molecule has 1 heterocycles. The third-order valence-electron chi connectivity index (χ3n) is 2.92. The fraction of sp³-hybridized carbons (Fsp3) is 0.294. The quantitative estimate of drug-likeness (QED) is 0.839. The van der Waals surface area contributed by atoms with Crippen LogP contribution in [0.3, 0.4) is 0 Å². The number of aliphatic hydroxyl groups excluding tert-OH is 1. The molecule has 0 unspecified atom stereocenters. The van der Waals surface area contributed by atoms with E-state index in [1.165, 1.54) is 30.5 Å². The highest BCUT2D eigenvalue weighted by molar-refractivity contribution is 5.90. The highest BCUT2D eigenvalue weighted by Gasteiger charge is 2.30. The number of nitrogens with zero attached hydrogens (tertiary/aromatic N) is 2. The average Bonchev–Trinajstić information content (AvgIpc) is 2.55. The van der Waals surface area contributed by atoms with Crippen molar-refractivity contribution in [2.75, 3.05) is 27.2 Å². The van der Waals surface area contributed by atoms with Crippen LogP contribution in [-0.4, -0.2) is 53.3 Å². The minimum atomic E-state index is -4.50. The van der Waals surface area contributed by atoms with Crippen LogP contribution >= 0.6 is 0 Å². The Kier molecular flexibility index (Phi) is 8.01. The molecular formula is C17H19F3N2O4. The van der Waals surface area contributed by atoms with Gasteiger partial charge in [-0.2, -0.15) is 13.2 Å². The fourth-order valence-corrected chi connectivity index (χ4v) is 1.68. The number of aliphatic hydroxyl groups is 1. The molecule has 9 heteroatoms. The van der Waals surface area contributed by atoms with Gasteiger partial charge in [0, 0.05) is 12.7 Å². The summed E-state index contributed by atoms with van der Waals surface area (Å²) >= 11 is 0. The number of rotatable bonds is 5. The SMILES string of the molecule is CN(C)CCO.O=C(O)c1cccnc1Oc1cccc(C(F)(F)F)c1. The number of halogens is 3. The van der Waals surface area contributed by atoms with Gasteiger partial charge >= 0.3 is 12.1 Å². The number of ether oxygens (including phenoxy) is 1. The Balaban J connectivity index is 0.000000487. The molecule has 142 valence electrons. The Morgan fingerprint density at radius 3 is 2.42 bits per heavy atom. The van der Waals surface area contributed by atoms with Crippen molar-refractivity contribution < 1.29 is 32.9 Å². The molecule has 26 heavy (non-hydrogen) atoms. The van der Waals surface area contributed by atoms with E-state index in [9.17, 15) is 18.0 Å². The molecular weight excluding hydrogens is 353 g/mol. The third-order valence-corrected chi connectivity index (χ3v) is 2.92. The van der Waals surface area contributed by atoms with Gasteiger partial charge in [-0.15, -0.1) is 0 Å². The van der Waals surface area contributed by atoms with Gasteiger partial charge in [0.15, 0.2) is 0 Å². The first-order chi connectivity index (χ1) is 12.1. The van der Waals surface area contributed by atoms with E-state index in [-0.39, 0.29) is 23.8 Å². The minimum Gasteiger partial charge on any atom is -0.477 e. The molecule has 1 aromatic carbocycles. The summed E-state index contributed by atoms with van der Waals surface area (Å²) in [4.78, 5) is 16.6. The van der Waals surface area contributed by atoms with Crippen LogP contribution in [0.25, 0.3) is 0 Å². The van der Waals surface area contributed by atoms with Gasteiger partial charge in [0.1, 0.15) is 11.3 Å². The number of aromatic carboxylic acids is 1. The number of pyridine rings is 1. The number of aromatic nitrogens is 1. The van der Waals surface area contributed by atoms with E-state index < -0.39 is 17.7 Å².